The van der Waals surface area contributed by atoms with Gasteiger partial charge < -0.3 is 15.4 Å². The fourth-order valence-corrected chi connectivity index (χ4v) is 3.16. The van der Waals surface area contributed by atoms with Crippen LogP contribution in [0.4, 0.5) is 5.69 Å². The van der Waals surface area contributed by atoms with Crippen molar-refractivity contribution in [3.63, 3.8) is 0 Å². The second-order valence-electron chi connectivity index (χ2n) is 7.49. The lowest BCUT2D eigenvalue weighted by atomic mass is 10.0. The van der Waals surface area contributed by atoms with Crippen molar-refractivity contribution in [3.8, 4) is 0 Å². The quantitative estimate of drug-likeness (QED) is 0.232. The van der Waals surface area contributed by atoms with Gasteiger partial charge >= 0.3 is 0 Å². The average molecular weight is 442 g/mol. The Bertz CT molecular complexity index is 822. The van der Waals surface area contributed by atoms with Gasteiger partial charge in [0, 0.05) is 30.5 Å². The highest BCUT2D eigenvalue weighted by atomic mass is 16.3. The number of fused-ring (bicyclic) bond motifs is 1. The van der Waals surface area contributed by atoms with Crippen molar-refractivity contribution < 1.29 is 9.90 Å². The summed E-state index contributed by atoms with van der Waals surface area (Å²) in [7, 11) is 1.96. The van der Waals surface area contributed by atoms with Crippen LogP contribution in [0.5, 0.6) is 0 Å². The molecular weight excluding hydrogens is 398 g/mol. The Hall–Kier alpha value is -2.53. The highest BCUT2D eigenvalue weighted by molar-refractivity contribution is 5.85. The fourth-order valence-electron chi connectivity index (χ4n) is 3.16. The molecule has 0 heterocycles. The summed E-state index contributed by atoms with van der Waals surface area (Å²) >= 11 is 0. The van der Waals surface area contributed by atoms with Crippen LogP contribution in [-0.4, -0.2) is 48.5 Å². The Morgan fingerprint density at radius 2 is 1.72 bits per heavy atom. The predicted molar refractivity (Wildman–Crippen MR) is 140 cm³/mol. The number of aliphatic hydroxyl groups excluding tert-OH is 1. The molecule has 2 N–H and O–H groups in total. The standard InChI is InChI=1S/C18H24N2O2.C6H12.C3H7N/c1-3-16(10-11-21)20(2)13-19-18-15(12-22)9-8-14-6-4-5-7-17(14)18;1-3-5-6-4-2;1-2-3-4/h6-9,12-13,16,21H,3-5,10-11H2,1-2H3;5-6H,3-4H2,1-2H3;3-4H,2H2,1H3/b;6-5+;. The number of hydrogen-bond donors (Lipinski definition) is 2. The summed E-state index contributed by atoms with van der Waals surface area (Å²) < 4.78 is 0. The maximum atomic E-state index is 11.3. The van der Waals surface area contributed by atoms with Gasteiger partial charge in [-0.15, -0.1) is 0 Å². The lowest BCUT2D eigenvalue weighted by Crippen LogP contribution is -2.31. The molecule has 1 aliphatic rings. The summed E-state index contributed by atoms with van der Waals surface area (Å²) in [6, 6.07) is 4.07. The first-order valence-corrected chi connectivity index (χ1v) is 11.8. The Labute approximate surface area is 194 Å². The molecule has 0 saturated heterocycles. The van der Waals surface area contributed by atoms with Crippen molar-refractivity contribution in [3.05, 3.63) is 40.3 Å². The number of rotatable bonds is 10. The van der Waals surface area contributed by atoms with E-state index in [-0.39, 0.29) is 12.6 Å². The zero-order chi connectivity index (χ0) is 24.2. The normalized spacial score (nSPS) is 12.9. The second kappa shape index (κ2) is 19.2. The summed E-state index contributed by atoms with van der Waals surface area (Å²) in [5.41, 5.74) is 1.36. The highest BCUT2D eigenvalue weighted by Crippen LogP contribution is 2.12. The van der Waals surface area contributed by atoms with E-state index in [2.05, 4.69) is 50.1 Å². The van der Waals surface area contributed by atoms with Crippen molar-refractivity contribution in [1.29, 1.82) is 5.41 Å². The molecule has 32 heavy (non-hydrogen) atoms. The third kappa shape index (κ3) is 11.2. The van der Waals surface area contributed by atoms with Gasteiger partial charge in [0.25, 0.3) is 0 Å². The lowest BCUT2D eigenvalue weighted by molar-refractivity contribution is 0.112. The number of aliphatic hydroxyl groups is 1. The predicted octanol–water partition coefficient (Wildman–Crippen LogP) is 5.02. The van der Waals surface area contributed by atoms with Crippen LogP contribution in [0.1, 0.15) is 83.0 Å². The third-order valence-electron chi connectivity index (χ3n) is 5.01. The maximum Gasteiger partial charge on any atom is 0.152 e. The summed E-state index contributed by atoms with van der Waals surface area (Å²) in [5, 5.41) is 17.6. The number of aliphatic imine (C=N–C) groups is 1. The number of carbonyl (C=O) groups is 1. The molecule has 0 amide bonds. The van der Waals surface area contributed by atoms with E-state index in [0.717, 1.165) is 48.1 Å². The molecule has 2 rings (SSSR count). The van der Waals surface area contributed by atoms with E-state index in [1.54, 1.807) is 6.34 Å². The fraction of sp³-hybridized carbons (Fsp3) is 0.519. The first kappa shape index (κ1) is 29.5. The number of allylic oxidation sites excluding steroid dienone is 2. The van der Waals surface area contributed by atoms with E-state index in [4.69, 9.17) is 10.5 Å². The molecule has 5 heteroatoms. The first-order chi connectivity index (χ1) is 15.5. The van der Waals surface area contributed by atoms with E-state index in [9.17, 15) is 4.79 Å². The number of carbonyl (C=O) groups excluding carboxylic acids is 1. The molecule has 1 atom stereocenters. The summed E-state index contributed by atoms with van der Waals surface area (Å²) in [5.74, 6) is 0. The van der Waals surface area contributed by atoms with Gasteiger partial charge in [0.1, 0.15) is 0 Å². The monoisotopic (exact) mass is 441 g/mol. The van der Waals surface area contributed by atoms with Crippen molar-refractivity contribution >= 4 is 36.7 Å². The van der Waals surface area contributed by atoms with Crippen LogP contribution >= 0.6 is 0 Å². The zero-order valence-corrected chi connectivity index (χ0v) is 20.7. The van der Waals surface area contributed by atoms with E-state index < -0.39 is 0 Å². The van der Waals surface area contributed by atoms with Crippen molar-refractivity contribution in [1.82, 2.24) is 4.90 Å². The summed E-state index contributed by atoms with van der Waals surface area (Å²) in [6.45, 7) is 8.49. The molecule has 1 aromatic carbocycles. The van der Waals surface area contributed by atoms with Gasteiger partial charge in [-0.1, -0.05) is 58.1 Å². The van der Waals surface area contributed by atoms with Crippen LogP contribution in [-0.2, 0) is 0 Å². The Kier molecular flexibility index (Phi) is 17.7. The van der Waals surface area contributed by atoms with Gasteiger partial charge in [-0.25, -0.2) is 4.99 Å². The Morgan fingerprint density at radius 1 is 1.09 bits per heavy atom. The molecule has 0 aliphatic heterocycles. The van der Waals surface area contributed by atoms with Gasteiger partial charge in [-0.3, -0.25) is 4.79 Å². The summed E-state index contributed by atoms with van der Waals surface area (Å²) in [6.07, 6.45) is 19.6. The van der Waals surface area contributed by atoms with Gasteiger partial charge in [0.05, 0.1) is 12.0 Å². The number of nitrogens with zero attached hydrogens (tertiary/aromatic N) is 2. The molecule has 0 fully saturated rings. The minimum atomic E-state index is 0.166. The average Bonchev–Trinajstić information content (AvgIpc) is 2.84. The summed E-state index contributed by atoms with van der Waals surface area (Å²) in [4.78, 5) is 17.9. The zero-order valence-electron chi connectivity index (χ0n) is 20.7. The molecule has 5 nitrogen and oxygen atoms in total. The van der Waals surface area contributed by atoms with Gasteiger partial charge in [-0.05, 0) is 62.4 Å². The van der Waals surface area contributed by atoms with Crippen LogP contribution in [0.15, 0.2) is 29.3 Å². The van der Waals surface area contributed by atoms with Crippen molar-refractivity contribution in [2.75, 3.05) is 13.7 Å². The maximum absolute atomic E-state index is 11.3. The van der Waals surface area contributed by atoms with E-state index in [0.29, 0.717) is 12.0 Å². The van der Waals surface area contributed by atoms with Crippen molar-refractivity contribution in [2.24, 2.45) is 4.99 Å². The first-order valence-electron chi connectivity index (χ1n) is 11.8. The van der Waals surface area contributed by atoms with Gasteiger partial charge in [0.15, 0.2) is 6.29 Å². The van der Waals surface area contributed by atoms with Crippen LogP contribution in [0.25, 0.3) is 12.2 Å². The van der Waals surface area contributed by atoms with Crippen LogP contribution in [0.2, 0.25) is 0 Å². The number of benzene rings is 1. The Morgan fingerprint density at radius 3 is 2.22 bits per heavy atom. The molecule has 0 aromatic heterocycles. The Balaban J connectivity index is 0.000000806. The van der Waals surface area contributed by atoms with E-state index >= 15 is 0 Å². The topological polar surface area (TPSA) is 76.8 Å². The molecular formula is C27H43N3O2. The van der Waals surface area contributed by atoms with Crippen LogP contribution in [0, 0.1) is 5.41 Å². The molecule has 0 saturated carbocycles. The molecule has 1 aromatic rings. The SMILES string of the molecule is CC/C=C/CC.CCC(CCO)N(C)C=Nc1c(C=O)ccc2c1=CCCC=2.CCC=N. The minimum Gasteiger partial charge on any atom is -0.396 e. The molecule has 0 bridgehead atoms. The molecule has 1 aliphatic carbocycles. The number of aldehydes is 1. The number of nitrogens with one attached hydrogen (secondary N) is 1. The molecule has 0 radical (unpaired) electrons. The van der Waals surface area contributed by atoms with Crippen LogP contribution in [0.3, 0.4) is 0 Å². The third-order valence-corrected chi connectivity index (χ3v) is 5.01. The smallest absolute Gasteiger partial charge is 0.152 e. The van der Waals surface area contributed by atoms with Gasteiger partial charge in [0.2, 0.25) is 0 Å². The molecule has 178 valence electrons. The number of hydrogen-bond acceptors (Lipinski definition) is 4. The molecule has 1 unspecified atom stereocenters. The lowest BCUT2D eigenvalue weighted by Gasteiger charge is -2.24. The minimum absolute atomic E-state index is 0.166. The van der Waals surface area contributed by atoms with E-state index in [1.807, 2.05) is 31.0 Å². The highest BCUT2D eigenvalue weighted by Gasteiger charge is 2.10. The second-order valence-corrected chi connectivity index (χ2v) is 7.49. The van der Waals surface area contributed by atoms with Gasteiger partial charge in [-0.2, -0.15) is 0 Å². The molecule has 0 spiro atoms. The van der Waals surface area contributed by atoms with Crippen LogP contribution < -0.4 is 10.4 Å². The van der Waals surface area contributed by atoms with Crippen molar-refractivity contribution in [2.45, 2.75) is 78.7 Å². The van der Waals surface area contributed by atoms with E-state index in [1.165, 1.54) is 19.1 Å². The largest absolute Gasteiger partial charge is 0.396 e.